The average molecular weight is 452 g/mol. The van der Waals surface area contributed by atoms with Crippen LogP contribution in [-0.4, -0.2) is 4.98 Å². The van der Waals surface area contributed by atoms with Crippen LogP contribution in [0.15, 0.2) is 103 Å². The first-order valence-corrected chi connectivity index (χ1v) is 12.7. The van der Waals surface area contributed by atoms with Gasteiger partial charge in [0, 0.05) is 33.5 Å². The van der Waals surface area contributed by atoms with Gasteiger partial charge in [-0.05, 0) is 39.8 Å². The predicted octanol–water partition coefficient (Wildman–Crippen LogP) is 6.96. The van der Waals surface area contributed by atoms with Gasteiger partial charge in [-0.15, -0.1) is 0 Å². The molecule has 2 aliphatic heterocycles. The zero-order chi connectivity index (χ0) is 22.5. The molecule has 34 heavy (non-hydrogen) atoms. The molecule has 0 spiro atoms. The molecule has 7 rings (SSSR count). The number of aromatic nitrogens is 1. The summed E-state index contributed by atoms with van der Waals surface area (Å²) in [4.78, 5) is 5.26. The van der Waals surface area contributed by atoms with Crippen molar-refractivity contribution >= 4 is 30.8 Å². The molecule has 0 aromatic heterocycles. The highest BCUT2D eigenvalue weighted by Gasteiger charge is 2.25. The molecule has 0 fully saturated rings. The largest absolute Gasteiger partial charge is 0.252 e. The van der Waals surface area contributed by atoms with Crippen molar-refractivity contribution in [1.82, 2.24) is 4.98 Å². The summed E-state index contributed by atoms with van der Waals surface area (Å²) in [6.45, 7) is 0. The Morgan fingerprint density at radius 3 is 2.59 bits per heavy atom. The lowest BCUT2D eigenvalue weighted by atomic mass is 9.84. The van der Waals surface area contributed by atoms with Crippen molar-refractivity contribution in [2.24, 2.45) is 0 Å². The van der Waals surface area contributed by atoms with Crippen LogP contribution in [0.2, 0.25) is 0 Å². The number of hydrogen-bond acceptors (Lipinski definition) is 1. The molecule has 0 saturated heterocycles. The Hall–Kier alpha value is -3.80. The van der Waals surface area contributed by atoms with Gasteiger partial charge in [-0.25, -0.2) is 0 Å². The highest BCUT2D eigenvalue weighted by atomic mass is 31.0. The fourth-order valence-electron chi connectivity index (χ4n) is 5.38. The van der Waals surface area contributed by atoms with Crippen LogP contribution in [0.4, 0.5) is 0 Å². The van der Waals surface area contributed by atoms with E-state index in [1.165, 1.54) is 62.7 Å². The zero-order valence-corrected chi connectivity index (χ0v) is 19.5. The number of fused-ring (bicyclic) bond motifs is 7. The van der Waals surface area contributed by atoms with E-state index < -0.39 is 0 Å². The Morgan fingerprint density at radius 1 is 0.794 bits per heavy atom. The van der Waals surface area contributed by atoms with E-state index in [9.17, 15) is 0 Å². The molecule has 160 valence electrons. The number of allylic oxidation sites excluding steroid dienone is 4. The van der Waals surface area contributed by atoms with Gasteiger partial charge in [0.05, 0.1) is 11.0 Å². The molecule has 3 aromatic rings. The Labute approximate surface area is 200 Å². The lowest BCUT2D eigenvalue weighted by Crippen LogP contribution is -2.20. The van der Waals surface area contributed by atoms with Crippen molar-refractivity contribution in [3.05, 3.63) is 131 Å². The van der Waals surface area contributed by atoms with Crippen LogP contribution in [0.25, 0.3) is 44.6 Å². The molecule has 0 N–H and O–H groups in total. The van der Waals surface area contributed by atoms with Gasteiger partial charge in [-0.1, -0.05) is 111 Å². The number of rotatable bonds is 2. The smallest absolute Gasteiger partial charge is 0.0681 e. The minimum absolute atomic E-state index is 0.160. The maximum Gasteiger partial charge on any atom is 0.0681 e. The molecule has 2 aliphatic carbocycles. The molecule has 0 radical (unpaired) electrons. The summed E-state index contributed by atoms with van der Waals surface area (Å²) in [5.74, 6) is 0.160. The van der Waals surface area contributed by atoms with Crippen LogP contribution in [0, 0.1) is 0 Å². The first-order valence-electron chi connectivity index (χ1n) is 11.8. The van der Waals surface area contributed by atoms with Crippen molar-refractivity contribution in [1.29, 1.82) is 0 Å². The van der Waals surface area contributed by atoms with Gasteiger partial charge in [0.15, 0.2) is 0 Å². The number of hydrogen-bond donors (Lipinski definition) is 0. The molecule has 1 unspecified atom stereocenters. The van der Waals surface area contributed by atoms with Gasteiger partial charge in [0.25, 0.3) is 0 Å². The Kier molecular flexibility index (Phi) is 4.57. The topological polar surface area (TPSA) is 12.9 Å². The minimum atomic E-state index is 0.160. The van der Waals surface area contributed by atoms with E-state index in [-0.39, 0.29) is 5.92 Å². The van der Waals surface area contributed by atoms with Crippen LogP contribution in [0.5, 0.6) is 0 Å². The predicted molar refractivity (Wildman–Crippen MR) is 145 cm³/mol. The van der Waals surface area contributed by atoms with Crippen LogP contribution in [0.1, 0.15) is 22.7 Å². The third-order valence-corrected chi connectivity index (χ3v) is 8.26. The van der Waals surface area contributed by atoms with Gasteiger partial charge in [-0.3, -0.25) is 4.98 Å². The first-order chi connectivity index (χ1) is 16.9. The van der Waals surface area contributed by atoms with E-state index >= 15 is 0 Å². The normalized spacial score (nSPS) is 16.3. The van der Waals surface area contributed by atoms with Gasteiger partial charge in [0.2, 0.25) is 0 Å². The highest BCUT2D eigenvalue weighted by Crippen LogP contribution is 2.45. The van der Waals surface area contributed by atoms with Crippen LogP contribution in [-0.2, 0) is 6.42 Å². The number of benzene rings is 3. The Bertz CT molecular complexity index is 1730. The molecular formula is C32H22NP. The molecular weight excluding hydrogens is 429 g/mol. The van der Waals surface area contributed by atoms with Gasteiger partial charge in [0.1, 0.15) is 0 Å². The van der Waals surface area contributed by atoms with Gasteiger partial charge in [-0.2, -0.15) is 0 Å². The quantitative estimate of drug-likeness (QED) is 0.283. The van der Waals surface area contributed by atoms with Crippen molar-refractivity contribution in [3.8, 4) is 22.0 Å². The maximum absolute atomic E-state index is 5.26. The lowest BCUT2D eigenvalue weighted by molar-refractivity contribution is 0.976. The molecule has 2 heterocycles. The summed E-state index contributed by atoms with van der Waals surface area (Å²) < 4.78 is 0. The second kappa shape index (κ2) is 7.90. The summed E-state index contributed by atoms with van der Waals surface area (Å²) in [5, 5.41) is 6.55. The summed E-state index contributed by atoms with van der Waals surface area (Å²) in [6.07, 6.45) is 14.3. The zero-order valence-electron chi connectivity index (χ0n) is 18.6. The SMILES string of the molecule is C1=CCc2nc3c(c4c5ccccc5pc-4c2=C1)C(c1cccc(-c2ccccc2)c1)C=CC=3. The molecule has 0 saturated carbocycles. The molecule has 4 aliphatic rings. The fourth-order valence-corrected chi connectivity index (χ4v) is 6.76. The van der Waals surface area contributed by atoms with E-state index in [1.54, 1.807) is 0 Å². The third-order valence-electron chi connectivity index (χ3n) is 6.94. The molecule has 2 heteroatoms. The third kappa shape index (κ3) is 3.09. The standard InChI is InChI=1S/C32H22NP/c1-2-10-21(11-3-1)22-12-8-13-23(20-22)24-16-9-18-28-30(24)31-26-15-5-7-19-29(26)34-32(31)25-14-4-6-17-27(25)33-28/h1-16,18-20,24H,17H2. The lowest BCUT2D eigenvalue weighted by Gasteiger charge is -2.19. The van der Waals surface area contributed by atoms with Gasteiger partial charge < -0.3 is 0 Å². The van der Waals surface area contributed by atoms with Crippen LogP contribution in [0.3, 0.4) is 0 Å². The van der Waals surface area contributed by atoms with E-state index in [1.807, 2.05) is 0 Å². The second-order valence-electron chi connectivity index (χ2n) is 8.94. The molecule has 0 amide bonds. The summed E-state index contributed by atoms with van der Waals surface area (Å²) >= 11 is 0. The summed E-state index contributed by atoms with van der Waals surface area (Å²) in [5.41, 5.74) is 7.71. The van der Waals surface area contributed by atoms with Crippen molar-refractivity contribution < 1.29 is 0 Å². The maximum atomic E-state index is 5.26. The molecule has 0 bridgehead atoms. The van der Waals surface area contributed by atoms with E-state index in [2.05, 4.69) is 115 Å². The molecule has 3 aromatic carbocycles. The van der Waals surface area contributed by atoms with Crippen molar-refractivity contribution in [2.45, 2.75) is 12.3 Å². The summed E-state index contributed by atoms with van der Waals surface area (Å²) in [6, 6.07) is 28.6. The fraction of sp³-hybridized carbons (Fsp3) is 0.0625. The van der Waals surface area contributed by atoms with Crippen LogP contribution >= 0.6 is 8.19 Å². The van der Waals surface area contributed by atoms with E-state index in [4.69, 9.17) is 4.98 Å². The average Bonchev–Trinajstić information content (AvgIpc) is 3.22. The van der Waals surface area contributed by atoms with Gasteiger partial charge >= 0.3 is 0 Å². The van der Waals surface area contributed by atoms with Crippen LogP contribution < -0.4 is 10.6 Å². The molecule has 1 nitrogen and oxygen atoms in total. The van der Waals surface area contributed by atoms with E-state index in [0.717, 1.165) is 11.8 Å². The minimum Gasteiger partial charge on any atom is -0.252 e. The summed E-state index contributed by atoms with van der Waals surface area (Å²) in [7, 11) is 1.28. The number of nitrogens with zero attached hydrogens (tertiary/aromatic N) is 1. The second-order valence-corrected chi connectivity index (χ2v) is 10.1. The van der Waals surface area contributed by atoms with Crippen molar-refractivity contribution in [3.63, 3.8) is 0 Å². The van der Waals surface area contributed by atoms with E-state index in [0.29, 0.717) is 0 Å². The first kappa shape index (κ1) is 19.6. The monoisotopic (exact) mass is 451 g/mol. The Morgan fingerprint density at radius 2 is 1.65 bits per heavy atom. The Balaban J connectivity index is 1.54. The highest BCUT2D eigenvalue weighted by molar-refractivity contribution is 7.41. The molecule has 1 atom stereocenters. The van der Waals surface area contributed by atoms with Crippen molar-refractivity contribution in [2.75, 3.05) is 0 Å².